The van der Waals surface area contributed by atoms with E-state index >= 15 is 0 Å². The van der Waals surface area contributed by atoms with Gasteiger partial charge in [0.15, 0.2) is 0 Å². The summed E-state index contributed by atoms with van der Waals surface area (Å²) in [5, 5.41) is 0. The Morgan fingerprint density at radius 3 is 2.44 bits per heavy atom. The summed E-state index contributed by atoms with van der Waals surface area (Å²) in [5.74, 6) is 0.245. The van der Waals surface area contributed by atoms with E-state index in [1.165, 1.54) is 19.1 Å². The zero-order valence-corrected chi connectivity index (χ0v) is 12.9. The maximum absolute atomic E-state index is 11.4. The zero-order chi connectivity index (χ0) is 14.2. The molecular weight excluding hydrogens is 274 g/mol. The van der Waals surface area contributed by atoms with Gasteiger partial charge in [-0.3, -0.25) is 9.59 Å². The van der Waals surface area contributed by atoms with Crippen LogP contribution in [0.25, 0.3) is 0 Å². The highest BCUT2D eigenvalue weighted by atomic mass is 32.2. The van der Waals surface area contributed by atoms with Crippen molar-refractivity contribution in [2.24, 2.45) is 0 Å². The average molecular weight is 295 g/mol. The van der Waals surface area contributed by atoms with Crippen molar-refractivity contribution in [2.45, 2.75) is 38.8 Å². The molecule has 0 aromatic rings. The Morgan fingerprint density at radius 1 is 1.39 bits per heavy atom. The van der Waals surface area contributed by atoms with Gasteiger partial charge in [0.1, 0.15) is 11.6 Å². The molecule has 0 spiro atoms. The fraction of sp³-hybridized carbons (Fsp3) is 0.818. The van der Waals surface area contributed by atoms with Crippen LogP contribution in [0.1, 0.15) is 27.2 Å². The summed E-state index contributed by atoms with van der Waals surface area (Å²) in [6.45, 7) is 5.47. The Balaban J connectivity index is 3.79. The number of nitrogens with one attached hydrogen (secondary N) is 1. The van der Waals surface area contributed by atoms with Gasteiger partial charge in [0.25, 0.3) is 0 Å². The van der Waals surface area contributed by atoms with Crippen molar-refractivity contribution in [3.63, 3.8) is 0 Å². The van der Waals surface area contributed by atoms with E-state index in [0.717, 1.165) is 0 Å². The van der Waals surface area contributed by atoms with Gasteiger partial charge in [-0.25, -0.2) is 4.72 Å². The first kappa shape index (κ1) is 17.6. The summed E-state index contributed by atoms with van der Waals surface area (Å²) < 4.78 is 12.6. The van der Waals surface area contributed by atoms with Crippen LogP contribution in [0.3, 0.4) is 0 Å². The Labute approximate surface area is 118 Å². The van der Waals surface area contributed by atoms with E-state index in [9.17, 15) is 9.59 Å². The number of hydrogen-bond acceptors (Lipinski definition) is 7. The molecule has 1 atom stereocenters. The van der Waals surface area contributed by atoms with E-state index in [4.69, 9.17) is 4.74 Å². The lowest BCUT2D eigenvalue weighted by molar-refractivity contribution is -0.154. The number of ether oxygens (including phenoxy) is 2. The molecule has 0 rings (SSSR count). The van der Waals surface area contributed by atoms with Crippen molar-refractivity contribution in [1.29, 1.82) is 0 Å². The fourth-order valence-corrected chi connectivity index (χ4v) is 2.12. The summed E-state index contributed by atoms with van der Waals surface area (Å²) in [5.41, 5.74) is -0.463. The summed E-state index contributed by atoms with van der Waals surface area (Å²) >= 11 is 5.32. The Bertz CT molecular complexity index is 279. The Hall–Kier alpha value is -0.400. The number of carbonyl (C=O) groups excluding carboxylic acids is 2. The third-order valence-corrected chi connectivity index (χ3v) is 2.95. The SMILES string of the molecule is COC(=O)[C@H](CS)NSCCC(=O)OC(C)(C)C. The van der Waals surface area contributed by atoms with Crippen molar-refractivity contribution in [2.75, 3.05) is 18.6 Å². The molecule has 0 aliphatic heterocycles. The highest BCUT2D eigenvalue weighted by Crippen LogP contribution is 2.10. The predicted molar refractivity (Wildman–Crippen MR) is 75.7 cm³/mol. The minimum Gasteiger partial charge on any atom is -0.468 e. The third kappa shape index (κ3) is 8.66. The molecule has 0 amide bonds. The normalized spacial score (nSPS) is 12.9. The highest BCUT2D eigenvalue weighted by Gasteiger charge is 2.18. The molecule has 0 unspecified atom stereocenters. The molecule has 106 valence electrons. The van der Waals surface area contributed by atoms with E-state index < -0.39 is 11.6 Å². The van der Waals surface area contributed by atoms with Crippen molar-refractivity contribution in [3.8, 4) is 0 Å². The van der Waals surface area contributed by atoms with Gasteiger partial charge in [-0.1, -0.05) is 11.9 Å². The molecular formula is C11H21NO4S2. The van der Waals surface area contributed by atoms with Gasteiger partial charge in [0, 0.05) is 11.5 Å². The molecule has 0 aliphatic rings. The minimum atomic E-state index is -0.470. The van der Waals surface area contributed by atoms with E-state index in [1.807, 2.05) is 20.8 Å². The van der Waals surface area contributed by atoms with E-state index in [0.29, 0.717) is 11.5 Å². The molecule has 0 radical (unpaired) electrons. The molecule has 7 heteroatoms. The number of hydrogen-bond donors (Lipinski definition) is 2. The molecule has 0 heterocycles. The standard InChI is InChI=1S/C11H21NO4S2/c1-11(2,3)16-9(13)5-6-18-12-8(7-17)10(14)15-4/h8,12,17H,5-7H2,1-4H3/t8-/m0/s1. The van der Waals surface area contributed by atoms with Gasteiger partial charge < -0.3 is 9.47 Å². The largest absolute Gasteiger partial charge is 0.468 e. The van der Waals surface area contributed by atoms with Crippen LogP contribution in [-0.4, -0.2) is 42.2 Å². The summed E-state index contributed by atoms with van der Waals surface area (Å²) in [6.07, 6.45) is 0.287. The fourth-order valence-electron chi connectivity index (χ4n) is 0.989. The Morgan fingerprint density at radius 2 is 2.00 bits per heavy atom. The van der Waals surface area contributed by atoms with Crippen LogP contribution in [-0.2, 0) is 19.1 Å². The van der Waals surface area contributed by atoms with Crippen molar-refractivity contribution in [1.82, 2.24) is 4.72 Å². The summed E-state index contributed by atoms with van der Waals surface area (Å²) in [7, 11) is 1.33. The molecule has 0 saturated carbocycles. The summed E-state index contributed by atoms with van der Waals surface area (Å²) in [4.78, 5) is 22.6. The first-order valence-electron chi connectivity index (χ1n) is 5.58. The van der Waals surface area contributed by atoms with Crippen molar-refractivity contribution >= 4 is 36.5 Å². The lowest BCUT2D eigenvalue weighted by Gasteiger charge is -2.19. The van der Waals surface area contributed by atoms with Gasteiger partial charge in [-0.2, -0.15) is 12.6 Å². The van der Waals surface area contributed by atoms with Crippen molar-refractivity contribution < 1.29 is 19.1 Å². The maximum atomic E-state index is 11.4. The van der Waals surface area contributed by atoms with Gasteiger partial charge in [0.05, 0.1) is 13.5 Å². The van der Waals surface area contributed by atoms with Crippen LogP contribution in [0.2, 0.25) is 0 Å². The second-order valence-electron chi connectivity index (χ2n) is 4.56. The van der Waals surface area contributed by atoms with Gasteiger partial charge in [0.2, 0.25) is 0 Å². The second kappa shape index (κ2) is 8.66. The van der Waals surface area contributed by atoms with Crippen molar-refractivity contribution in [3.05, 3.63) is 0 Å². The number of carbonyl (C=O) groups is 2. The second-order valence-corrected chi connectivity index (χ2v) is 5.86. The Kier molecular flexibility index (Phi) is 8.47. The van der Waals surface area contributed by atoms with Gasteiger partial charge in [-0.15, -0.1) is 0 Å². The molecule has 0 saturated heterocycles. The first-order valence-corrected chi connectivity index (χ1v) is 7.20. The van der Waals surface area contributed by atoms with Gasteiger partial charge >= 0.3 is 11.9 Å². The molecule has 0 fully saturated rings. The van der Waals surface area contributed by atoms with E-state index in [-0.39, 0.29) is 18.4 Å². The third-order valence-electron chi connectivity index (χ3n) is 1.72. The van der Waals surface area contributed by atoms with Gasteiger partial charge in [-0.05, 0) is 20.8 Å². The minimum absolute atomic E-state index is 0.253. The topological polar surface area (TPSA) is 64.6 Å². The number of esters is 2. The van der Waals surface area contributed by atoms with E-state index in [2.05, 4.69) is 22.1 Å². The molecule has 18 heavy (non-hydrogen) atoms. The molecule has 0 bridgehead atoms. The monoisotopic (exact) mass is 295 g/mol. The number of methoxy groups -OCH3 is 1. The van der Waals surface area contributed by atoms with E-state index in [1.54, 1.807) is 0 Å². The number of thiol groups is 1. The lowest BCUT2D eigenvalue weighted by Crippen LogP contribution is -2.35. The van der Waals surface area contributed by atoms with Crippen LogP contribution >= 0.6 is 24.6 Å². The number of rotatable bonds is 7. The van der Waals surface area contributed by atoms with Crippen LogP contribution in [0, 0.1) is 0 Å². The van der Waals surface area contributed by atoms with Crippen LogP contribution in [0.15, 0.2) is 0 Å². The van der Waals surface area contributed by atoms with Crippen LogP contribution < -0.4 is 4.72 Å². The zero-order valence-electron chi connectivity index (χ0n) is 11.2. The molecule has 0 aliphatic carbocycles. The molecule has 1 N–H and O–H groups in total. The van der Waals surface area contributed by atoms with Crippen LogP contribution in [0.5, 0.6) is 0 Å². The lowest BCUT2D eigenvalue weighted by atomic mass is 10.2. The highest BCUT2D eigenvalue weighted by molar-refractivity contribution is 7.97. The molecule has 0 aromatic heterocycles. The maximum Gasteiger partial charge on any atom is 0.324 e. The van der Waals surface area contributed by atoms with Crippen LogP contribution in [0.4, 0.5) is 0 Å². The quantitative estimate of drug-likeness (QED) is 0.321. The molecule has 5 nitrogen and oxygen atoms in total. The smallest absolute Gasteiger partial charge is 0.324 e. The molecule has 0 aromatic carbocycles. The summed E-state index contributed by atoms with van der Waals surface area (Å²) in [6, 6.07) is -0.470. The average Bonchev–Trinajstić information content (AvgIpc) is 2.26. The predicted octanol–water partition coefficient (Wildman–Crippen LogP) is 1.43. The first-order chi connectivity index (χ1) is 8.30.